The zero-order chi connectivity index (χ0) is 29.2. The third-order valence-corrected chi connectivity index (χ3v) is 8.72. The van der Waals surface area contributed by atoms with Gasteiger partial charge in [-0.1, -0.05) is 78.4 Å². The Morgan fingerprint density at radius 1 is 0.881 bits per heavy atom. The van der Waals surface area contributed by atoms with Crippen molar-refractivity contribution in [2.24, 2.45) is 11.8 Å². The molecular weight excluding hydrogens is 529 g/mol. The van der Waals surface area contributed by atoms with Crippen molar-refractivity contribution >= 4 is 23.7 Å². The van der Waals surface area contributed by atoms with Crippen LogP contribution in [0, 0.1) is 24.6 Å². The monoisotopic (exact) mass is 565 g/mol. The fourth-order valence-electron chi connectivity index (χ4n) is 6.48. The van der Waals surface area contributed by atoms with Gasteiger partial charge in [-0.05, 0) is 49.1 Å². The van der Waals surface area contributed by atoms with E-state index in [0.717, 1.165) is 24.0 Å². The highest BCUT2D eigenvalue weighted by atomic mass is 19.1. The first-order valence-corrected chi connectivity index (χ1v) is 14.8. The van der Waals surface area contributed by atoms with Gasteiger partial charge < -0.3 is 15.1 Å². The molecule has 6 rings (SSSR count). The second kappa shape index (κ2) is 12.0. The number of hydrogen-bond donors (Lipinski definition) is 1. The van der Waals surface area contributed by atoms with Gasteiger partial charge in [-0.25, -0.2) is 4.39 Å². The van der Waals surface area contributed by atoms with Gasteiger partial charge in [0.2, 0.25) is 11.8 Å². The molecule has 0 aromatic heterocycles. The number of amides is 2. The van der Waals surface area contributed by atoms with Gasteiger partial charge in [-0.2, -0.15) is 0 Å². The average Bonchev–Trinajstić information content (AvgIpc) is 3.82. The van der Waals surface area contributed by atoms with Gasteiger partial charge >= 0.3 is 0 Å². The maximum Gasteiger partial charge on any atom is 0.246 e. The number of hydrogen-bond acceptors (Lipinski definition) is 4. The van der Waals surface area contributed by atoms with E-state index in [1.54, 1.807) is 23.1 Å². The van der Waals surface area contributed by atoms with Gasteiger partial charge in [-0.15, -0.1) is 0 Å². The molecule has 6 nitrogen and oxygen atoms in total. The molecule has 3 aromatic carbocycles. The van der Waals surface area contributed by atoms with E-state index in [-0.39, 0.29) is 23.5 Å². The van der Waals surface area contributed by atoms with Gasteiger partial charge in [0.25, 0.3) is 0 Å². The predicted octanol–water partition coefficient (Wildman–Crippen LogP) is 4.85. The lowest BCUT2D eigenvalue weighted by atomic mass is 9.77. The maximum absolute atomic E-state index is 14.6. The van der Waals surface area contributed by atoms with Crippen molar-refractivity contribution in [3.05, 3.63) is 113 Å². The number of rotatable bonds is 7. The highest BCUT2D eigenvalue weighted by molar-refractivity contribution is 6.02. The summed E-state index contributed by atoms with van der Waals surface area (Å²) in [7, 11) is 0. The third kappa shape index (κ3) is 5.66. The number of likely N-dealkylation sites (tertiary alicyclic amines) is 1. The Balaban J connectivity index is 1.54. The number of benzene rings is 3. The summed E-state index contributed by atoms with van der Waals surface area (Å²) in [4.78, 5) is 46.7. The second-order valence-electron chi connectivity index (χ2n) is 11.6. The molecule has 3 aliphatic rings. The summed E-state index contributed by atoms with van der Waals surface area (Å²) in [6.45, 7) is 4.32. The first-order valence-electron chi connectivity index (χ1n) is 14.8. The Hall–Kier alpha value is -4.10. The smallest absolute Gasteiger partial charge is 0.246 e. The third-order valence-electron chi connectivity index (χ3n) is 8.72. The number of nitrogens with zero attached hydrogens (tertiary/aromatic N) is 2. The van der Waals surface area contributed by atoms with Gasteiger partial charge in [-0.3, -0.25) is 14.4 Å². The Bertz CT molecular complexity index is 1480. The molecule has 2 saturated heterocycles. The minimum Gasteiger partial charge on any atom is -0.338 e. The van der Waals surface area contributed by atoms with E-state index in [2.05, 4.69) is 5.32 Å². The highest BCUT2D eigenvalue weighted by Crippen LogP contribution is 2.48. The molecule has 0 spiro atoms. The van der Waals surface area contributed by atoms with Crippen molar-refractivity contribution in [2.75, 3.05) is 26.2 Å². The van der Waals surface area contributed by atoms with Crippen LogP contribution in [0.25, 0.3) is 6.08 Å². The quantitative estimate of drug-likeness (QED) is 0.416. The van der Waals surface area contributed by atoms with Crippen LogP contribution >= 0.6 is 0 Å². The van der Waals surface area contributed by atoms with Crippen molar-refractivity contribution in [2.45, 2.75) is 37.8 Å². The molecule has 3 fully saturated rings. The topological polar surface area (TPSA) is 69.7 Å². The lowest BCUT2D eigenvalue weighted by Crippen LogP contribution is -2.55. The zero-order valence-electron chi connectivity index (χ0n) is 23.8. The lowest BCUT2D eigenvalue weighted by molar-refractivity contribution is -0.146. The van der Waals surface area contributed by atoms with Crippen molar-refractivity contribution in [1.82, 2.24) is 15.1 Å². The van der Waals surface area contributed by atoms with Crippen LogP contribution in [0.3, 0.4) is 0 Å². The highest BCUT2D eigenvalue weighted by Gasteiger charge is 2.58. The molecule has 3 aromatic rings. The Morgan fingerprint density at radius 2 is 1.60 bits per heavy atom. The summed E-state index contributed by atoms with van der Waals surface area (Å²) >= 11 is 0. The number of piperazine rings is 1. The summed E-state index contributed by atoms with van der Waals surface area (Å²) in [5, 5.41) is 3.29. The van der Waals surface area contributed by atoms with Crippen LogP contribution in [0.4, 0.5) is 4.39 Å². The molecule has 4 atom stereocenters. The number of Topliss-reactive ketones (excluding diaryl/α,β-unsaturated/α-hetero) is 1. The standard InChI is InChI=1S/C35H36FN3O3/c1-23-6-5-9-27(22-23)33(40)31-29(17-10-24-7-3-2-4-8-24)39(34(41)26-11-12-26)32(35(42)38-20-18-37-19-21-38)30(31)25-13-15-28(36)16-14-25/h2-10,13-17,22,26,29-32,37H,11-12,18-21H2,1H3. The SMILES string of the molecule is Cc1cccc(C(=O)C2C(c3ccc(F)cc3)C(C(=O)N3CCNCC3)N(C(=O)C3CC3)C2C=Cc2ccccc2)c1. The summed E-state index contributed by atoms with van der Waals surface area (Å²) < 4.78 is 14.2. The van der Waals surface area contributed by atoms with Crippen LogP contribution in [0.1, 0.15) is 45.8 Å². The fraction of sp³-hybridized carbons (Fsp3) is 0.343. The predicted molar refractivity (Wildman–Crippen MR) is 160 cm³/mol. The molecule has 1 saturated carbocycles. The van der Waals surface area contributed by atoms with Gasteiger partial charge in [0.05, 0.1) is 12.0 Å². The molecule has 2 aliphatic heterocycles. The molecule has 1 aliphatic carbocycles. The fourth-order valence-corrected chi connectivity index (χ4v) is 6.48. The lowest BCUT2D eigenvalue weighted by Gasteiger charge is -2.36. The van der Waals surface area contributed by atoms with Crippen LogP contribution < -0.4 is 5.32 Å². The first-order chi connectivity index (χ1) is 20.4. The number of ketones is 1. The van der Waals surface area contributed by atoms with Crippen molar-refractivity contribution in [3.8, 4) is 0 Å². The van der Waals surface area contributed by atoms with Gasteiger partial charge in [0, 0.05) is 43.6 Å². The Kier molecular flexibility index (Phi) is 8.02. The van der Waals surface area contributed by atoms with Crippen molar-refractivity contribution < 1.29 is 18.8 Å². The minimum atomic E-state index is -0.883. The number of halogens is 1. The van der Waals surface area contributed by atoms with Gasteiger partial charge in [0.1, 0.15) is 11.9 Å². The van der Waals surface area contributed by atoms with Crippen LogP contribution in [0.2, 0.25) is 0 Å². The molecule has 2 heterocycles. The van der Waals surface area contributed by atoms with Crippen LogP contribution in [0.15, 0.2) is 84.9 Å². The second-order valence-corrected chi connectivity index (χ2v) is 11.6. The molecule has 216 valence electrons. The molecular formula is C35H36FN3O3. The molecule has 4 unspecified atom stereocenters. The number of nitrogens with one attached hydrogen (secondary N) is 1. The first kappa shape index (κ1) is 28.0. The van der Waals surface area contributed by atoms with Crippen molar-refractivity contribution in [1.29, 1.82) is 0 Å². The number of carbonyl (C=O) groups excluding carboxylic acids is 3. The molecule has 0 radical (unpaired) electrons. The van der Waals surface area contributed by atoms with E-state index in [1.807, 2.05) is 72.5 Å². The van der Waals surface area contributed by atoms with Crippen molar-refractivity contribution in [3.63, 3.8) is 0 Å². The summed E-state index contributed by atoms with van der Waals surface area (Å²) in [5.41, 5.74) is 3.11. The molecule has 7 heteroatoms. The number of carbonyl (C=O) groups is 3. The Morgan fingerprint density at radius 3 is 2.26 bits per heavy atom. The normalized spacial score (nSPS) is 24.2. The summed E-state index contributed by atoms with van der Waals surface area (Å²) in [6, 6.07) is 21.7. The van der Waals surface area contributed by atoms with E-state index in [4.69, 9.17) is 0 Å². The molecule has 42 heavy (non-hydrogen) atoms. The van der Waals surface area contributed by atoms with Crippen LogP contribution in [-0.4, -0.2) is 65.7 Å². The van der Waals surface area contributed by atoms with E-state index in [1.165, 1.54) is 12.1 Å². The summed E-state index contributed by atoms with van der Waals surface area (Å²) in [5.74, 6) is -2.30. The zero-order valence-corrected chi connectivity index (χ0v) is 23.8. The number of aryl methyl sites for hydroxylation is 1. The minimum absolute atomic E-state index is 0.0853. The molecule has 2 amide bonds. The summed E-state index contributed by atoms with van der Waals surface area (Å²) in [6.07, 6.45) is 5.41. The van der Waals surface area contributed by atoms with E-state index < -0.39 is 29.7 Å². The van der Waals surface area contributed by atoms with E-state index in [0.29, 0.717) is 37.3 Å². The molecule has 0 bridgehead atoms. The van der Waals surface area contributed by atoms with Crippen LogP contribution in [-0.2, 0) is 9.59 Å². The van der Waals surface area contributed by atoms with Crippen LogP contribution in [0.5, 0.6) is 0 Å². The van der Waals surface area contributed by atoms with E-state index in [9.17, 15) is 18.8 Å². The largest absolute Gasteiger partial charge is 0.338 e. The Labute approximate surface area is 246 Å². The maximum atomic E-state index is 14.6. The average molecular weight is 566 g/mol. The van der Waals surface area contributed by atoms with Gasteiger partial charge in [0.15, 0.2) is 5.78 Å². The van der Waals surface area contributed by atoms with E-state index >= 15 is 0 Å². The molecule has 1 N–H and O–H groups in total.